The van der Waals surface area contributed by atoms with Gasteiger partial charge in [0.05, 0.1) is 16.1 Å². The minimum atomic E-state index is -1.26. The molecule has 1 atom stereocenters. The summed E-state index contributed by atoms with van der Waals surface area (Å²) >= 11 is 0. The fourth-order valence-corrected chi connectivity index (χ4v) is 3.65. The van der Waals surface area contributed by atoms with E-state index in [-0.39, 0.29) is 0 Å². The van der Waals surface area contributed by atoms with Gasteiger partial charge in [0.2, 0.25) is 0 Å². The van der Waals surface area contributed by atoms with Crippen LogP contribution in [-0.2, 0) is 0 Å². The van der Waals surface area contributed by atoms with E-state index in [0.717, 1.165) is 0 Å². The standard InChI is InChI=1S/C13H31NSi2/c1-10-15(6,7)12(2)14-11-16(8,9)13(3,4)5/h10,12,14H,1,11H2,2-9H3. The average Bonchev–Trinajstić information content (AvgIpc) is 2.12. The lowest BCUT2D eigenvalue weighted by Gasteiger charge is -2.39. The van der Waals surface area contributed by atoms with E-state index in [1.54, 1.807) is 0 Å². The molecule has 1 unspecified atom stereocenters. The van der Waals surface area contributed by atoms with Gasteiger partial charge in [-0.05, 0) is 11.2 Å². The molecule has 0 fully saturated rings. The molecule has 3 heteroatoms. The molecule has 1 N–H and O–H groups in total. The summed E-state index contributed by atoms with van der Waals surface area (Å²) in [6.45, 7) is 23.1. The van der Waals surface area contributed by atoms with Crippen molar-refractivity contribution in [2.45, 2.75) is 64.6 Å². The summed E-state index contributed by atoms with van der Waals surface area (Å²) in [6, 6.07) is 0. The number of hydrogen-bond acceptors (Lipinski definition) is 1. The normalized spacial score (nSPS) is 16.0. The zero-order valence-electron chi connectivity index (χ0n) is 12.6. The van der Waals surface area contributed by atoms with Crippen molar-refractivity contribution < 1.29 is 0 Å². The van der Waals surface area contributed by atoms with E-state index in [1.165, 1.54) is 6.17 Å². The highest BCUT2D eigenvalue weighted by Gasteiger charge is 2.36. The van der Waals surface area contributed by atoms with Crippen molar-refractivity contribution in [2.24, 2.45) is 0 Å². The molecule has 0 aromatic carbocycles. The quantitative estimate of drug-likeness (QED) is 0.735. The van der Waals surface area contributed by atoms with Crippen molar-refractivity contribution >= 4 is 16.1 Å². The highest BCUT2D eigenvalue weighted by atomic mass is 28.3. The van der Waals surface area contributed by atoms with Crippen LogP contribution in [0, 0.1) is 0 Å². The number of nitrogens with one attached hydrogen (secondary N) is 1. The summed E-state index contributed by atoms with van der Waals surface area (Å²) in [5.74, 6) is 0. The second-order valence-electron chi connectivity index (χ2n) is 7.26. The molecule has 0 radical (unpaired) electrons. The van der Waals surface area contributed by atoms with Crippen LogP contribution in [0.4, 0.5) is 0 Å². The Labute approximate surface area is 105 Å². The molecule has 0 bridgehead atoms. The van der Waals surface area contributed by atoms with E-state index in [4.69, 9.17) is 0 Å². The lowest BCUT2D eigenvalue weighted by atomic mass is 10.2. The SMILES string of the molecule is C=C[Si](C)(C)C(C)NC[Si](C)(C)C(C)(C)C. The third kappa shape index (κ3) is 4.19. The first-order valence-electron chi connectivity index (χ1n) is 6.31. The third-order valence-electron chi connectivity index (χ3n) is 4.52. The van der Waals surface area contributed by atoms with Crippen LogP contribution in [0.3, 0.4) is 0 Å². The van der Waals surface area contributed by atoms with Gasteiger partial charge in [-0.1, -0.05) is 53.9 Å². The summed E-state index contributed by atoms with van der Waals surface area (Å²) in [5, 5.41) is 4.24. The highest BCUT2D eigenvalue weighted by molar-refractivity contribution is 6.84. The van der Waals surface area contributed by atoms with Crippen LogP contribution in [0.1, 0.15) is 27.7 Å². The molecule has 0 amide bonds. The highest BCUT2D eigenvalue weighted by Crippen LogP contribution is 2.35. The van der Waals surface area contributed by atoms with E-state index < -0.39 is 16.1 Å². The van der Waals surface area contributed by atoms with Crippen LogP contribution in [0.25, 0.3) is 0 Å². The molecule has 0 heterocycles. The number of hydrogen-bond donors (Lipinski definition) is 1. The van der Waals surface area contributed by atoms with Crippen molar-refractivity contribution in [3.63, 3.8) is 0 Å². The van der Waals surface area contributed by atoms with Gasteiger partial charge in [0.1, 0.15) is 0 Å². The Morgan fingerprint density at radius 1 is 1.19 bits per heavy atom. The summed E-state index contributed by atoms with van der Waals surface area (Å²) in [4.78, 5) is 0. The Balaban J connectivity index is 4.42. The summed E-state index contributed by atoms with van der Waals surface area (Å²) in [5.41, 5.74) is 2.81. The molecular formula is C13H31NSi2. The first-order valence-corrected chi connectivity index (χ1v) is 12.7. The molecule has 0 aliphatic carbocycles. The van der Waals surface area contributed by atoms with Crippen LogP contribution < -0.4 is 5.32 Å². The first kappa shape index (κ1) is 16.1. The van der Waals surface area contributed by atoms with Crippen LogP contribution in [-0.4, -0.2) is 28.0 Å². The van der Waals surface area contributed by atoms with E-state index in [0.29, 0.717) is 10.7 Å². The zero-order chi connectivity index (χ0) is 13.2. The monoisotopic (exact) mass is 257 g/mol. The molecule has 0 rings (SSSR count). The van der Waals surface area contributed by atoms with Gasteiger partial charge in [0.15, 0.2) is 0 Å². The lowest BCUT2D eigenvalue weighted by Crippen LogP contribution is -2.55. The van der Waals surface area contributed by atoms with Gasteiger partial charge < -0.3 is 5.32 Å². The van der Waals surface area contributed by atoms with E-state index in [2.05, 4.69) is 71.5 Å². The van der Waals surface area contributed by atoms with Crippen molar-refractivity contribution in [3.8, 4) is 0 Å². The van der Waals surface area contributed by atoms with E-state index in [1.807, 2.05) is 0 Å². The molecule has 0 aromatic heterocycles. The molecule has 0 aliphatic rings. The summed E-state index contributed by atoms with van der Waals surface area (Å²) < 4.78 is 0. The molecule has 0 aliphatic heterocycles. The largest absolute Gasteiger partial charge is 0.319 e. The topological polar surface area (TPSA) is 12.0 Å². The van der Waals surface area contributed by atoms with E-state index >= 15 is 0 Å². The fourth-order valence-electron chi connectivity index (χ4n) is 1.11. The van der Waals surface area contributed by atoms with E-state index in [9.17, 15) is 0 Å². The smallest absolute Gasteiger partial charge is 0.0886 e. The molecule has 0 aromatic rings. The Morgan fingerprint density at radius 3 is 1.94 bits per heavy atom. The predicted molar refractivity (Wildman–Crippen MR) is 82.3 cm³/mol. The average molecular weight is 258 g/mol. The molecule has 96 valence electrons. The van der Waals surface area contributed by atoms with Gasteiger partial charge in [0, 0.05) is 5.67 Å². The van der Waals surface area contributed by atoms with Gasteiger partial charge in [0.25, 0.3) is 0 Å². The molecule has 1 nitrogen and oxygen atoms in total. The molecule has 0 saturated heterocycles. The van der Waals surface area contributed by atoms with Crippen molar-refractivity contribution in [1.82, 2.24) is 5.32 Å². The minimum absolute atomic E-state index is 0.472. The predicted octanol–water partition coefficient (Wildman–Crippen LogP) is 3.99. The van der Waals surface area contributed by atoms with Gasteiger partial charge in [-0.25, -0.2) is 0 Å². The Bertz CT molecular complexity index is 239. The number of rotatable bonds is 5. The Morgan fingerprint density at radius 2 is 1.62 bits per heavy atom. The molecule has 0 saturated carbocycles. The van der Waals surface area contributed by atoms with Gasteiger partial charge >= 0.3 is 0 Å². The Kier molecular flexibility index (Phi) is 5.23. The third-order valence-corrected chi connectivity index (χ3v) is 13.2. The fraction of sp³-hybridized carbons (Fsp3) is 0.846. The van der Waals surface area contributed by atoms with Crippen molar-refractivity contribution in [2.75, 3.05) is 6.17 Å². The molecule has 0 spiro atoms. The van der Waals surface area contributed by atoms with Crippen LogP contribution in [0.5, 0.6) is 0 Å². The van der Waals surface area contributed by atoms with Crippen LogP contribution >= 0.6 is 0 Å². The maximum atomic E-state index is 3.98. The Hall–Kier alpha value is 0.134. The molecule has 16 heavy (non-hydrogen) atoms. The summed E-state index contributed by atoms with van der Waals surface area (Å²) in [6.07, 6.45) is 1.21. The maximum Gasteiger partial charge on any atom is 0.0886 e. The first-order chi connectivity index (χ1) is 6.94. The van der Waals surface area contributed by atoms with Gasteiger partial charge in [-0.2, -0.15) is 0 Å². The lowest BCUT2D eigenvalue weighted by molar-refractivity contribution is 0.670. The second-order valence-corrected chi connectivity index (χ2v) is 17.8. The molecular weight excluding hydrogens is 226 g/mol. The van der Waals surface area contributed by atoms with Crippen LogP contribution in [0.2, 0.25) is 31.2 Å². The zero-order valence-corrected chi connectivity index (χ0v) is 14.6. The van der Waals surface area contributed by atoms with Crippen molar-refractivity contribution in [3.05, 3.63) is 12.3 Å². The van der Waals surface area contributed by atoms with Crippen LogP contribution in [0.15, 0.2) is 12.3 Å². The minimum Gasteiger partial charge on any atom is -0.319 e. The van der Waals surface area contributed by atoms with Gasteiger partial charge in [-0.15, -0.1) is 12.3 Å². The van der Waals surface area contributed by atoms with Gasteiger partial charge in [-0.3, -0.25) is 0 Å². The van der Waals surface area contributed by atoms with Crippen molar-refractivity contribution in [1.29, 1.82) is 0 Å². The second kappa shape index (κ2) is 5.19. The summed E-state index contributed by atoms with van der Waals surface area (Å²) in [7, 11) is -2.45. The maximum absolute atomic E-state index is 3.98.